The number of rotatable bonds is 6. The molecule has 0 saturated carbocycles. The number of fused-ring (bicyclic) bond motifs is 1. The molecule has 0 aliphatic rings. The van der Waals surface area contributed by atoms with Gasteiger partial charge in [0.2, 0.25) is 0 Å². The Morgan fingerprint density at radius 3 is 2.55 bits per heavy atom. The molecule has 29 heavy (non-hydrogen) atoms. The van der Waals surface area contributed by atoms with Gasteiger partial charge in [0.1, 0.15) is 5.58 Å². The van der Waals surface area contributed by atoms with E-state index in [4.69, 9.17) is 9.15 Å². The molecule has 4 aromatic rings. The first-order chi connectivity index (χ1) is 14.1. The van der Waals surface area contributed by atoms with E-state index in [0.717, 1.165) is 22.3 Å². The average Bonchev–Trinajstić information content (AvgIpc) is 3.31. The van der Waals surface area contributed by atoms with Crippen LogP contribution in [0.15, 0.2) is 59.0 Å². The van der Waals surface area contributed by atoms with Gasteiger partial charge in [0.25, 0.3) is 5.91 Å². The molecule has 146 valence electrons. The third-order valence-corrected chi connectivity index (χ3v) is 5.48. The minimum Gasteiger partial charge on any atom is -0.451 e. The quantitative estimate of drug-likeness (QED) is 0.448. The number of para-hydroxylation sites is 1. The Morgan fingerprint density at radius 2 is 1.83 bits per heavy atom. The molecule has 1 amide bonds. The number of Topliss-reactive ketones (excluding diaryl/α,β-unsaturated/α-hetero) is 1. The molecule has 0 aliphatic heterocycles. The number of methoxy groups -OCH3 is 1. The van der Waals surface area contributed by atoms with Crippen molar-refractivity contribution >= 4 is 39.1 Å². The lowest BCUT2D eigenvalue weighted by Gasteiger charge is -2.02. The van der Waals surface area contributed by atoms with Gasteiger partial charge in [-0.2, -0.15) is 0 Å². The topological polar surface area (TPSA) is 81.4 Å². The van der Waals surface area contributed by atoms with Crippen LogP contribution in [-0.4, -0.2) is 23.8 Å². The Kier molecular flexibility index (Phi) is 5.24. The summed E-state index contributed by atoms with van der Waals surface area (Å²) < 4.78 is 11.0. The molecule has 0 aliphatic carbocycles. The molecule has 0 fully saturated rings. The van der Waals surface area contributed by atoms with Gasteiger partial charge in [-0.25, -0.2) is 4.98 Å². The van der Waals surface area contributed by atoms with E-state index in [1.807, 2.05) is 48.5 Å². The molecule has 0 radical (unpaired) electrons. The smallest absolute Gasteiger partial charge is 0.293 e. The molecule has 6 nitrogen and oxygen atoms in total. The molecule has 2 aromatic heterocycles. The SMILES string of the molecule is COCc1c(C(=O)Nc2nc(-c3ccccc3)c(C(C)=O)s2)oc2ccccc12. The molecule has 0 saturated heterocycles. The summed E-state index contributed by atoms with van der Waals surface area (Å²) in [6.07, 6.45) is 0. The lowest BCUT2D eigenvalue weighted by molar-refractivity contribution is 0.0990. The second-order valence-corrected chi connectivity index (χ2v) is 7.41. The molecule has 1 N–H and O–H groups in total. The van der Waals surface area contributed by atoms with E-state index < -0.39 is 5.91 Å². The number of aromatic nitrogens is 1. The van der Waals surface area contributed by atoms with Crippen molar-refractivity contribution in [2.45, 2.75) is 13.5 Å². The fourth-order valence-electron chi connectivity index (χ4n) is 3.13. The van der Waals surface area contributed by atoms with Crippen molar-refractivity contribution in [1.29, 1.82) is 0 Å². The van der Waals surface area contributed by atoms with Gasteiger partial charge in [-0.05, 0) is 6.07 Å². The number of amides is 1. The van der Waals surface area contributed by atoms with Crippen LogP contribution in [0, 0.1) is 0 Å². The Balaban J connectivity index is 1.70. The van der Waals surface area contributed by atoms with E-state index in [2.05, 4.69) is 10.3 Å². The normalized spacial score (nSPS) is 11.0. The molecule has 2 aromatic carbocycles. The van der Waals surface area contributed by atoms with Crippen LogP contribution in [-0.2, 0) is 11.3 Å². The number of nitrogens with zero attached hydrogens (tertiary/aromatic N) is 1. The first-order valence-electron chi connectivity index (χ1n) is 8.96. The van der Waals surface area contributed by atoms with Gasteiger partial charge >= 0.3 is 0 Å². The van der Waals surface area contributed by atoms with Crippen molar-refractivity contribution in [3.8, 4) is 11.3 Å². The minimum absolute atomic E-state index is 0.106. The molecule has 0 unspecified atom stereocenters. The second kappa shape index (κ2) is 7.98. The molecule has 0 bridgehead atoms. The predicted molar refractivity (Wildman–Crippen MR) is 112 cm³/mol. The number of ketones is 1. The van der Waals surface area contributed by atoms with Gasteiger partial charge in [0, 0.05) is 30.5 Å². The Bertz CT molecular complexity index is 1190. The number of carbonyl (C=O) groups excluding carboxylic acids is 2. The zero-order valence-corrected chi connectivity index (χ0v) is 16.7. The number of hydrogen-bond donors (Lipinski definition) is 1. The molecule has 0 spiro atoms. The summed E-state index contributed by atoms with van der Waals surface area (Å²) in [5.41, 5.74) is 2.66. The summed E-state index contributed by atoms with van der Waals surface area (Å²) in [5.74, 6) is -0.365. The summed E-state index contributed by atoms with van der Waals surface area (Å²) in [4.78, 5) is 30.0. The summed E-state index contributed by atoms with van der Waals surface area (Å²) in [6.45, 7) is 1.73. The van der Waals surface area contributed by atoms with E-state index in [9.17, 15) is 9.59 Å². The van der Waals surface area contributed by atoms with Crippen molar-refractivity contribution < 1.29 is 18.7 Å². The zero-order chi connectivity index (χ0) is 20.4. The number of benzene rings is 2. The van der Waals surface area contributed by atoms with Crippen LogP contribution in [0.25, 0.3) is 22.2 Å². The van der Waals surface area contributed by atoms with Crippen molar-refractivity contribution in [1.82, 2.24) is 4.98 Å². The summed E-state index contributed by atoms with van der Waals surface area (Å²) in [6, 6.07) is 16.8. The summed E-state index contributed by atoms with van der Waals surface area (Å²) in [7, 11) is 1.57. The molecule has 7 heteroatoms. The Morgan fingerprint density at radius 1 is 1.10 bits per heavy atom. The molecular formula is C22H18N2O4S. The predicted octanol–water partition coefficient (Wildman–Crippen LogP) is 5.16. The lowest BCUT2D eigenvalue weighted by atomic mass is 10.1. The Labute approximate surface area is 171 Å². The van der Waals surface area contributed by atoms with Gasteiger partial charge in [0.05, 0.1) is 17.2 Å². The maximum absolute atomic E-state index is 12.9. The summed E-state index contributed by atoms with van der Waals surface area (Å²) in [5, 5.41) is 3.93. The zero-order valence-electron chi connectivity index (χ0n) is 15.9. The van der Waals surface area contributed by atoms with Crippen molar-refractivity contribution in [3.05, 3.63) is 70.8 Å². The number of furan rings is 1. The molecular weight excluding hydrogens is 388 g/mol. The van der Waals surface area contributed by atoms with Crippen LogP contribution >= 0.6 is 11.3 Å². The fourth-order valence-corrected chi connectivity index (χ4v) is 4.01. The molecule has 0 atom stereocenters. The monoisotopic (exact) mass is 406 g/mol. The fraction of sp³-hybridized carbons (Fsp3) is 0.136. The highest BCUT2D eigenvalue weighted by atomic mass is 32.1. The average molecular weight is 406 g/mol. The van der Waals surface area contributed by atoms with Crippen LogP contribution in [0.1, 0.15) is 32.7 Å². The van der Waals surface area contributed by atoms with Crippen LogP contribution in [0.3, 0.4) is 0 Å². The van der Waals surface area contributed by atoms with E-state index in [-0.39, 0.29) is 18.2 Å². The van der Waals surface area contributed by atoms with Gasteiger partial charge in [-0.15, -0.1) is 0 Å². The standard InChI is InChI=1S/C22H18N2O4S/c1-13(25)20-18(14-8-4-3-5-9-14)23-22(29-20)24-21(26)19-16(12-27-2)15-10-6-7-11-17(15)28-19/h3-11H,12H2,1-2H3,(H,23,24,26). The number of nitrogens with one attached hydrogen (secondary N) is 1. The number of ether oxygens (including phenoxy) is 1. The third-order valence-electron chi connectivity index (χ3n) is 4.41. The third kappa shape index (κ3) is 3.70. The maximum atomic E-state index is 12.9. The number of hydrogen-bond acceptors (Lipinski definition) is 6. The minimum atomic E-state index is -0.434. The van der Waals surface area contributed by atoms with Gasteiger partial charge in [-0.1, -0.05) is 59.9 Å². The number of thiazole rings is 1. The number of anilines is 1. The van der Waals surface area contributed by atoms with Crippen LogP contribution in [0.2, 0.25) is 0 Å². The molecule has 2 heterocycles. The van der Waals surface area contributed by atoms with Crippen molar-refractivity contribution in [3.63, 3.8) is 0 Å². The van der Waals surface area contributed by atoms with Gasteiger partial charge < -0.3 is 9.15 Å². The molecule has 4 rings (SSSR count). The highest BCUT2D eigenvalue weighted by Crippen LogP contribution is 2.33. The maximum Gasteiger partial charge on any atom is 0.293 e. The van der Waals surface area contributed by atoms with Crippen LogP contribution < -0.4 is 5.32 Å². The van der Waals surface area contributed by atoms with Crippen LogP contribution in [0.5, 0.6) is 0 Å². The van der Waals surface area contributed by atoms with Crippen molar-refractivity contribution in [2.24, 2.45) is 0 Å². The van der Waals surface area contributed by atoms with Crippen LogP contribution in [0.4, 0.5) is 5.13 Å². The summed E-state index contributed by atoms with van der Waals surface area (Å²) >= 11 is 1.15. The van der Waals surface area contributed by atoms with E-state index in [0.29, 0.717) is 26.8 Å². The highest BCUT2D eigenvalue weighted by Gasteiger charge is 2.23. The Hall–Kier alpha value is -3.29. The van der Waals surface area contributed by atoms with E-state index in [1.54, 1.807) is 13.2 Å². The largest absolute Gasteiger partial charge is 0.451 e. The van der Waals surface area contributed by atoms with E-state index in [1.165, 1.54) is 6.92 Å². The van der Waals surface area contributed by atoms with Gasteiger partial charge in [-0.3, -0.25) is 14.9 Å². The first kappa shape index (κ1) is 19.0. The lowest BCUT2D eigenvalue weighted by Crippen LogP contribution is -2.13. The van der Waals surface area contributed by atoms with Gasteiger partial charge in [0.15, 0.2) is 16.7 Å². The second-order valence-electron chi connectivity index (χ2n) is 6.41. The first-order valence-corrected chi connectivity index (χ1v) is 9.78. The highest BCUT2D eigenvalue weighted by molar-refractivity contribution is 7.18. The number of carbonyl (C=O) groups is 2. The van der Waals surface area contributed by atoms with E-state index >= 15 is 0 Å². The van der Waals surface area contributed by atoms with Crippen molar-refractivity contribution in [2.75, 3.05) is 12.4 Å².